The number of hydrogen-bond acceptors (Lipinski definition) is 4. The summed E-state index contributed by atoms with van der Waals surface area (Å²) in [5.74, 6) is 1.78. The van der Waals surface area contributed by atoms with Crippen LogP contribution in [0.15, 0.2) is 0 Å². The molecule has 3 saturated carbocycles. The zero-order valence-corrected chi connectivity index (χ0v) is 16.5. The van der Waals surface area contributed by atoms with Crippen LogP contribution < -0.4 is 0 Å². The van der Waals surface area contributed by atoms with Gasteiger partial charge in [0.05, 0.1) is 12.2 Å². The van der Waals surface area contributed by atoms with Crippen LogP contribution in [0.3, 0.4) is 0 Å². The number of ketones is 1. The van der Waals surface area contributed by atoms with Crippen molar-refractivity contribution in [1.82, 2.24) is 0 Å². The van der Waals surface area contributed by atoms with Gasteiger partial charge in [0.1, 0.15) is 5.41 Å². The Morgan fingerprint density at radius 1 is 1.36 bits per heavy atom. The number of ether oxygens (including phenoxy) is 2. The molecule has 2 bridgehead atoms. The van der Waals surface area contributed by atoms with Crippen LogP contribution in [0, 0.1) is 51.8 Å². The SMILES string of the molecule is COC(OC1C2CC3C1CC(=O)C3(C#N)C2)C(CC(C)C)C(C)(C)C. The molecule has 0 aromatic carbocycles. The molecule has 0 aromatic rings. The number of Topliss-reactive ketones (excluding diaryl/α,β-unsaturated/α-hetero) is 1. The lowest BCUT2D eigenvalue weighted by Crippen LogP contribution is -2.43. The predicted octanol–water partition coefficient (Wildman–Crippen LogP) is 4.19. The van der Waals surface area contributed by atoms with E-state index in [1.54, 1.807) is 7.11 Å². The van der Waals surface area contributed by atoms with E-state index in [1.165, 1.54) is 0 Å². The molecule has 3 fully saturated rings. The van der Waals surface area contributed by atoms with E-state index in [2.05, 4.69) is 40.7 Å². The Morgan fingerprint density at radius 3 is 2.56 bits per heavy atom. The Balaban J connectivity index is 1.78. The van der Waals surface area contributed by atoms with E-state index in [9.17, 15) is 10.1 Å². The number of nitriles is 1. The molecule has 4 nitrogen and oxygen atoms in total. The first-order valence-electron chi connectivity index (χ1n) is 9.77. The third-order valence-corrected chi connectivity index (χ3v) is 6.99. The van der Waals surface area contributed by atoms with Crippen molar-refractivity contribution in [2.45, 2.75) is 72.7 Å². The summed E-state index contributed by atoms with van der Waals surface area (Å²) >= 11 is 0. The summed E-state index contributed by atoms with van der Waals surface area (Å²) < 4.78 is 12.4. The Kier molecular flexibility index (Phi) is 4.79. The second kappa shape index (κ2) is 6.35. The molecule has 0 amide bonds. The third kappa shape index (κ3) is 2.94. The molecule has 7 atom stereocenters. The number of rotatable bonds is 6. The molecule has 3 aliphatic carbocycles. The van der Waals surface area contributed by atoms with Crippen LogP contribution in [0.2, 0.25) is 0 Å². The van der Waals surface area contributed by atoms with Gasteiger partial charge < -0.3 is 9.47 Å². The zero-order valence-electron chi connectivity index (χ0n) is 16.5. The smallest absolute Gasteiger partial charge is 0.160 e. The van der Waals surface area contributed by atoms with E-state index in [0.29, 0.717) is 30.6 Å². The van der Waals surface area contributed by atoms with Crippen molar-refractivity contribution in [2.24, 2.45) is 40.4 Å². The van der Waals surface area contributed by atoms with E-state index in [0.717, 1.165) is 12.8 Å². The van der Waals surface area contributed by atoms with Gasteiger partial charge in [-0.2, -0.15) is 5.26 Å². The van der Waals surface area contributed by atoms with Crippen molar-refractivity contribution >= 4 is 5.78 Å². The summed E-state index contributed by atoms with van der Waals surface area (Å²) in [6.07, 6.45) is 3.04. The molecule has 140 valence electrons. The molecule has 0 N–H and O–H groups in total. The standard InChI is InChI=1S/C21H33NO3/c1-12(2)7-16(20(3,4)5)19(24-6)25-18-13-8-15-14(18)9-17(23)21(15,10-13)11-22/h12-16,18-19H,7-10H2,1-6H3. The first-order valence-corrected chi connectivity index (χ1v) is 9.77. The fourth-order valence-corrected chi connectivity index (χ4v) is 5.77. The number of hydrogen-bond donors (Lipinski definition) is 0. The molecule has 3 aliphatic rings. The van der Waals surface area contributed by atoms with Crippen molar-refractivity contribution < 1.29 is 14.3 Å². The number of methoxy groups -OCH3 is 1. The van der Waals surface area contributed by atoms with E-state index in [4.69, 9.17) is 9.47 Å². The van der Waals surface area contributed by atoms with Gasteiger partial charge in [0.15, 0.2) is 12.1 Å². The highest BCUT2D eigenvalue weighted by molar-refractivity contribution is 5.91. The lowest BCUT2D eigenvalue weighted by molar-refractivity contribution is -0.221. The fraction of sp³-hybridized carbons (Fsp3) is 0.905. The van der Waals surface area contributed by atoms with Crippen LogP contribution in [-0.4, -0.2) is 25.3 Å². The van der Waals surface area contributed by atoms with E-state index >= 15 is 0 Å². The lowest BCUT2D eigenvalue weighted by Gasteiger charge is -2.41. The van der Waals surface area contributed by atoms with Gasteiger partial charge in [-0.3, -0.25) is 4.79 Å². The van der Waals surface area contributed by atoms with Crippen molar-refractivity contribution in [1.29, 1.82) is 5.26 Å². The van der Waals surface area contributed by atoms with Gasteiger partial charge in [-0.1, -0.05) is 34.6 Å². The molecule has 25 heavy (non-hydrogen) atoms. The summed E-state index contributed by atoms with van der Waals surface area (Å²) in [6, 6.07) is 2.37. The Morgan fingerprint density at radius 2 is 2.04 bits per heavy atom. The minimum absolute atomic E-state index is 0.0693. The normalized spacial score (nSPS) is 39.0. The van der Waals surface area contributed by atoms with Crippen LogP contribution in [0.5, 0.6) is 0 Å². The summed E-state index contributed by atoms with van der Waals surface area (Å²) in [5.41, 5.74) is -0.608. The largest absolute Gasteiger partial charge is 0.356 e. The topological polar surface area (TPSA) is 59.3 Å². The molecular weight excluding hydrogens is 314 g/mol. The van der Waals surface area contributed by atoms with Gasteiger partial charge in [0, 0.05) is 19.4 Å². The predicted molar refractivity (Wildman–Crippen MR) is 95.4 cm³/mol. The number of carbonyl (C=O) groups is 1. The first kappa shape index (κ1) is 18.9. The lowest BCUT2D eigenvalue weighted by atomic mass is 9.74. The van der Waals surface area contributed by atoms with E-state index < -0.39 is 5.41 Å². The minimum Gasteiger partial charge on any atom is -0.356 e. The average molecular weight is 347 g/mol. The highest BCUT2D eigenvalue weighted by atomic mass is 16.7. The van der Waals surface area contributed by atoms with Crippen molar-refractivity contribution in [3.8, 4) is 6.07 Å². The van der Waals surface area contributed by atoms with E-state index in [-0.39, 0.29) is 35.4 Å². The molecule has 7 unspecified atom stereocenters. The quantitative estimate of drug-likeness (QED) is 0.676. The highest BCUT2D eigenvalue weighted by Gasteiger charge is 2.69. The van der Waals surface area contributed by atoms with Crippen molar-refractivity contribution in [2.75, 3.05) is 7.11 Å². The third-order valence-electron chi connectivity index (χ3n) is 6.99. The second-order valence-electron chi connectivity index (χ2n) is 9.99. The molecule has 0 aromatic heterocycles. The highest BCUT2D eigenvalue weighted by Crippen LogP contribution is 2.65. The molecule has 3 rings (SSSR count). The maximum absolute atomic E-state index is 12.5. The molecule has 0 heterocycles. The second-order valence-corrected chi connectivity index (χ2v) is 9.99. The molecule has 0 saturated heterocycles. The summed E-state index contributed by atoms with van der Waals surface area (Å²) in [7, 11) is 1.73. The van der Waals surface area contributed by atoms with Gasteiger partial charge in [0.2, 0.25) is 0 Å². The monoisotopic (exact) mass is 347 g/mol. The summed E-state index contributed by atoms with van der Waals surface area (Å²) in [6.45, 7) is 11.2. The van der Waals surface area contributed by atoms with Gasteiger partial charge in [-0.15, -0.1) is 0 Å². The maximum atomic E-state index is 12.5. The fourth-order valence-electron chi connectivity index (χ4n) is 5.77. The van der Waals surface area contributed by atoms with Crippen LogP contribution in [0.25, 0.3) is 0 Å². The molecule has 0 radical (unpaired) electrons. The molecule has 0 spiro atoms. The summed E-state index contributed by atoms with van der Waals surface area (Å²) in [4.78, 5) is 12.5. The van der Waals surface area contributed by atoms with Crippen LogP contribution in [-0.2, 0) is 14.3 Å². The van der Waals surface area contributed by atoms with Crippen LogP contribution >= 0.6 is 0 Å². The molecular formula is C21H33NO3. The Labute approximate surface area is 152 Å². The first-order chi connectivity index (χ1) is 11.6. The Bertz CT molecular complexity index is 573. The average Bonchev–Trinajstić information content (AvgIpc) is 3.10. The number of fused-ring (bicyclic) bond motifs is 1. The van der Waals surface area contributed by atoms with Crippen LogP contribution in [0.1, 0.15) is 60.3 Å². The van der Waals surface area contributed by atoms with Gasteiger partial charge in [-0.25, -0.2) is 0 Å². The van der Waals surface area contributed by atoms with Gasteiger partial charge in [-0.05, 0) is 48.3 Å². The molecule has 4 heteroatoms. The van der Waals surface area contributed by atoms with Crippen LogP contribution in [0.4, 0.5) is 0 Å². The molecule has 0 aliphatic heterocycles. The van der Waals surface area contributed by atoms with Crippen molar-refractivity contribution in [3.63, 3.8) is 0 Å². The zero-order chi connectivity index (χ0) is 18.6. The van der Waals surface area contributed by atoms with Crippen molar-refractivity contribution in [3.05, 3.63) is 0 Å². The summed E-state index contributed by atoms with van der Waals surface area (Å²) in [5, 5.41) is 9.61. The number of nitrogens with zero attached hydrogens (tertiary/aromatic N) is 1. The van der Waals surface area contributed by atoms with E-state index in [1.807, 2.05) is 0 Å². The number of carbonyl (C=O) groups excluding carboxylic acids is 1. The van der Waals surface area contributed by atoms with Gasteiger partial charge >= 0.3 is 0 Å². The van der Waals surface area contributed by atoms with Gasteiger partial charge in [0.25, 0.3) is 0 Å². The maximum Gasteiger partial charge on any atom is 0.160 e. The minimum atomic E-state index is -0.695. The Hall–Kier alpha value is -0.920.